The van der Waals surface area contributed by atoms with Crippen molar-refractivity contribution >= 4 is 10.0 Å². The molecule has 1 aromatic heterocycles. The highest BCUT2D eigenvalue weighted by molar-refractivity contribution is 7.89. The van der Waals surface area contributed by atoms with Crippen molar-refractivity contribution in [3.05, 3.63) is 18.0 Å². The average Bonchev–Trinajstić information content (AvgIpc) is 2.98. The van der Waals surface area contributed by atoms with E-state index in [2.05, 4.69) is 5.32 Å². The Labute approximate surface area is 115 Å². The molecule has 1 aliphatic carbocycles. The number of nitrogens with one attached hydrogen (secondary N) is 2. The predicted octanol–water partition coefficient (Wildman–Crippen LogP) is 1.12. The third kappa shape index (κ3) is 2.70. The van der Waals surface area contributed by atoms with Crippen LogP contribution in [0.2, 0.25) is 0 Å². The van der Waals surface area contributed by atoms with Crippen molar-refractivity contribution in [3.63, 3.8) is 0 Å². The fourth-order valence-electron chi connectivity index (χ4n) is 1.97. The van der Waals surface area contributed by atoms with Crippen molar-refractivity contribution in [1.82, 2.24) is 14.6 Å². The van der Waals surface area contributed by atoms with E-state index in [0.29, 0.717) is 12.2 Å². The Bertz CT molecular complexity index is 603. The molecule has 114 valence electrons. The lowest BCUT2D eigenvalue weighted by Gasteiger charge is -2.20. The normalized spacial score (nSPS) is 18.2. The molecule has 0 bridgehead atoms. The van der Waals surface area contributed by atoms with E-state index in [1.54, 1.807) is 23.4 Å². The van der Waals surface area contributed by atoms with Crippen LogP contribution in [0.3, 0.4) is 0 Å². The maximum atomic E-state index is 12.8. The van der Waals surface area contributed by atoms with Crippen LogP contribution < -0.4 is 10.0 Å². The summed E-state index contributed by atoms with van der Waals surface area (Å²) in [6.45, 7) is 0.427. The number of halogens is 3. The van der Waals surface area contributed by atoms with Gasteiger partial charge in [-0.25, -0.2) is 8.42 Å². The van der Waals surface area contributed by atoms with Gasteiger partial charge in [0.05, 0.1) is 4.90 Å². The van der Waals surface area contributed by atoms with Gasteiger partial charge in [0.25, 0.3) is 0 Å². The van der Waals surface area contributed by atoms with Gasteiger partial charge in [-0.3, -0.25) is 0 Å². The molecule has 1 saturated carbocycles. The third-order valence-corrected chi connectivity index (χ3v) is 4.88. The summed E-state index contributed by atoms with van der Waals surface area (Å²) in [4.78, 5) is -0.152. The first-order valence-corrected chi connectivity index (χ1v) is 7.50. The van der Waals surface area contributed by atoms with Crippen molar-refractivity contribution in [3.8, 4) is 0 Å². The molecule has 20 heavy (non-hydrogen) atoms. The standard InChI is InChI=1S/C11H16F3N3O2S/c1-15-6-8-5-9(7-17(8)2)20(18,19)16-10(3-4-10)11(12,13)14/h5,7,15-16H,3-4,6H2,1-2H3. The summed E-state index contributed by atoms with van der Waals surface area (Å²) in [6.07, 6.45) is -3.69. The lowest BCUT2D eigenvalue weighted by molar-refractivity contribution is -0.160. The molecular formula is C11H16F3N3O2S. The van der Waals surface area contributed by atoms with E-state index in [1.807, 2.05) is 0 Å². The number of aryl methyl sites for hydroxylation is 1. The summed E-state index contributed by atoms with van der Waals surface area (Å²) in [7, 11) is -0.839. The predicted molar refractivity (Wildman–Crippen MR) is 66.5 cm³/mol. The van der Waals surface area contributed by atoms with Gasteiger partial charge in [0, 0.05) is 25.5 Å². The van der Waals surface area contributed by atoms with Crippen molar-refractivity contribution in [2.75, 3.05) is 7.05 Å². The number of nitrogens with zero attached hydrogens (tertiary/aromatic N) is 1. The molecule has 0 unspecified atom stereocenters. The quantitative estimate of drug-likeness (QED) is 0.856. The second kappa shape index (κ2) is 4.74. The van der Waals surface area contributed by atoms with E-state index in [9.17, 15) is 21.6 Å². The summed E-state index contributed by atoms with van der Waals surface area (Å²) in [5.41, 5.74) is -1.62. The molecule has 0 aliphatic heterocycles. The Balaban J connectivity index is 2.26. The first-order chi connectivity index (χ1) is 9.11. The molecule has 1 heterocycles. The van der Waals surface area contributed by atoms with Gasteiger partial charge in [0.2, 0.25) is 10.0 Å². The minimum Gasteiger partial charge on any atom is -0.352 e. The van der Waals surface area contributed by atoms with Gasteiger partial charge in [0.1, 0.15) is 5.54 Å². The largest absolute Gasteiger partial charge is 0.407 e. The smallest absolute Gasteiger partial charge is 0.352 e. The van der Waals surface area contributed by atoms with Gasteiger partial charge in [-0.05, 0) is 26.0 Å². The molecule has 1 aliphatic rings. The monoisotopic (exact) mass is 311 g/mol. The summed E-state index contributed by atoms with van der Waals surface area (Å²) < 4.78 is 65.9. The number of rotatable bonds is 5. The second-order valence-corrected chi connectivity index (χ2v) is 6.68. The Morgan fingerprint density at radius 2 is 2.00 bits per heavy atom. The average molecular weight is 311 g/mol. The molecule has 1 aromatic rings. The number of hydrogen-bond donors (Lipinski definition) is 2. The minimum atomic E-state index is -4.57. The summed E-state index contributed by atoms with van der Waals surface area (Å²) in [6, 6.07) is 1.37. The maximum absolute atomic E-state index is 12.8. The van der Waals surface area contributed by atoms with Crippen molar-refractivity contribution < 1.29 is 21.6 Å². The highest BCUT2D eigenvalue weighted by atomic mass is 32.2. The molecular weight excluding hydrogens is 295 g/mol. The van der Waals surface area contributed by atoms with E-state index in [1.165, 1.54) is 12.3 Å². The van der Waals surface area contributed by atoms with Crippen LogP contribution in [0.15, 0.2) is 17.2 Å². The summed E-state index contributed by atoms with van der Waals surface area (Å²) in [5, 5.41) is 2.86. The first kappa shape index (κ1) is 15.3. The molecule has 5 nitrogen and oxygen atoms in total. The van der Waals surface area contributed by atoms with Gasteiger partial charge in [-0.2, -0.15) is 17.9 Å². The van der Waals surface area contributed by atoms with Crippen molar-refractivity contribution in [2.45, 2.75) is 36.0 Å². The molecule has 2 rings (SSSR count). The Morgan fingerprint density at radius 3 is 2.45 bits per heavy atom. The molecule has 0 atom stereocenters. The van der Waals surface area contributed by atoms with Gasteiger partial charge >= 0.3 is 6.18 Å². The van der Waals surface area contributed by atoms with Crippen molar-refractivity contribution in [2.24, 2.45) is 7.05 Å². The zero-order valence-corrected chi connectivity index (χ0v) is 11.9. The van der Waals surface area contributed by atoms with E-state index in [0.717, 1.165) is 0 Å². The molecule has 0 saturated heterocycles. The second-order valence-electron chi connectivity index (χ2n) is 4.99. The number of sulfonamides is 1. The molecule has 0 amide bonds. The lowest BCUT2D eigenvalue weighted by atomic mass is 10.3. The fraction of sp³-hybridized carbons (Fsp3) is 0.636. The molecule has 2 N–H and O–H groups in total. The van der Waals surface area contributed by atoms with Crippen molar-refractivity contribution in [1.29, 1.82) is 0 Å². The van der Waals surface area contributed by atoms with Gasteiger partial charge in [0.15, 0.2) is 0 Å². The minimum absolute atomic E-state index is 0.152. The van der Waals surface area contributed by atoms with Crippen LogP contribution in [0.4, 0.5) is 13.2 Å². The van der Waals surface area contributed by atoms with Gasteiger partial charge in [-0.15, -0.1) is 0 Å². The highest BCUT2D eigenvalue weighted by Gasteiger charge is 2.65. The van der Waals surface area contributed by atoms with E-state index in [-0.39, 0.29) is 17.7 Å². The third-order valence-electron chi connectivity index (χ3n) is 3.37. The topological polar surface area (TPSA) is 63.1 Å². The van der Waals surface area contributed by atoms with E-state index in [4.69, 9.17) is 0 Å². The van der Waals surface area contributed by atoms with Crippen LogP contribution in [-0.4, -0.2) is 31.7 Å². The van der Waals surface area contributed by atoms with Crippen LogP contribution in [0.25, 0.3) is 0 Å². The molecule has 0 spiro atoms. The zero-order valence-electron chi connectivity index (χ0n) is 11.1. The fourth-order valence-corrected chi connectivity index (χ4v) is 3.51. The van der Waals surface area contributed by atoms with E-state index < -0.39 is 21.7 Å². The molecule has 1 fully saturated rings. The van der Waals surface area contributed by atoms with Gasteiger partial charge in [-0.1, -0.05) is 0 Å². The highest BCUT2D eigenvalue weighted by Crippen LogP contribution is 2.49. The first-order valence-electron chi connectivity index (χ1n) is 6.02. The maximum Gasteiger partial charge on any atom is 0.407 e. The summed E-state index contributed by atoms with van der Waals surface area (Å²) >= 11 is 0. The van der Waals surface area contributed by atoms with E-state index >= 15 is 0 Å². The molecule has 9 heteroatoms. The Morgan fingerprint density at radius 1 is 1.40 bits per heavy atom. The zero-order chi connectivity index (χ0) is 15.2. The van der Waals surface area contributed by atoms with Crippen LogP contribution in [0.5, 0.6) is 0 Å². The van der Waals surface area contributed by atoms with Crippen LogP contribution in [0.1, 0.15) is 18.5 Å². The lowest BCUT2D eigenvalue weighted by Crippen LogP contribution is -2.47. The van der Waals surface area contributed by atoms with Gasteiger partial charge < -0.3 is 9.88 Å². The SMILES string of the molecule is CNCc1cc(S(=O)(=O)NC2(C(F)(F)F)CC2)cn1C. The van der Waals surface area contributed by atoms with Crippen LogP contribution in [0, 0.1) is 0 Å². The number of aromatic nitrogens is 1. The van der Waals surface area contributed by atoms with Crippen LogP contribution in [-0.2, 0) is 23.6 Å². The number of alkyl halides is 3. The number of hydrogen-bond acceptors (Lipinski definition) is 3. The Kier molecular flexibility index (Phi) is 3.64. The summed E-state index contributed by atoms with van der Waals surface area (Å²) in [5.74, 6) is 0. The van der Waals surface area contributed by atoms with Crippen LogP contribution >= 0.6 is 0 Å². The molecule has 0 aromatic carbocycles. The Hall–Kier alpha value is -1.06. The molecule has 0 radical (unpaired) electrons.